The van der Waals surface area contributed by atoms with Gasteiger partial charge in [0.1, 0.15) is 12.1 Å². The van der Waals surface area contributed by atoms with Crippen LogP contribution >= 0.6 is 0 Å². The van der Waals surface area contributed by atoms with Crippen LogP contribution in [0.2, 0.25) is 0 Å². The average molecular weight is 362 g/mol. The molecular formula is C19H26N2O5. The van der Waals surface area contributed by atoms with Crippen molar-refractivity contribution in [1.29, 1.82) is 0 Å². The molecule has 0 aliphatic carbocycles. The molecule has 0 unspecified atom stereocenters. The second-order valence-corrected chi connectivity index (χ2v) is 6.37. The van der Waals surface area contributed by atoms with Crippen LogP contribution in [0.25, 0.3) is 0 Å². The Morgan fingerprint density at radius 2 is 1.62 bits per heavy atom. The molecule has 142 valence electrons. The van der Waals surface area contributed by atoms with Crippen LogP contribution < -0.4 is 10.6 Å². The van der Waals surface area contributed by atoms with Gasteiger partial charge in [-0.15, -0.1) is 0 Å². The zero-order valence-electron chi connectivity index (χ0n) is 14.8. The molecule has 1 aromatic rings. The highest BCUT2D eigenvalue weighted by Crippen LogP contribution is 2.09. The van der Waals surface area contributed by atoms with Gasteiger partial charge in [-0.05, 0) is 24.8 Å². The number of unbranched alkanes of at least 4 members (excludes halogenated alkanes) is 3. The molecule has 3 N–H and O–H groups in total. The van der Waals surface area contributed by atoms with Crippen LogP contribution in [-0.4, -0.2) is 48.2 Å². The lowest BCUT2D eigenvalue weighted by atomic mass is 10.0. The van der Waals surface area contributed by atoms with E-state index in [9.17, 15) is 14.4 Å². The quantitative estimate of drug-likeness (QED) is 0.420. The predicted molar refractivity (Wildman–Crippen MR) is 95.1 cm³/mol. The first-order valence-corrected chi connectivity index (χ1v) is 9.01. The van der Waals surface area contributed by atoms with Crippen molar-refractivity contribution in [2.75, 3.05) is 13.2 Å². The van der Waals surface area contributed by atoms with Crippen molar-refractivity contribution in [2.24, 2.45) is 0 Å². The number of carbonyl (C=O) groups excluding carboxylic acids is 3. The molecule has 1 heterocycles. The Morgan fingerprint density at radius 1 is 0.962 bits per heavy atom. The molecule has 26 heavy (non-hydrogen) atoms. The van der Waals surface area contributed by atoms with Crippen molar-refractivity contribution in [3.8, 4) is 0 Å². The van der Waals surface area contributed by atoms with Gasteiger partial charge in [0, 0.05) is 13.0 Å². The van der Waals surface area contributed by atoms with Gasteiger partial charge in [0.15, 0.2) is 0 Å². The first-order valence-electron chi connectivity index (χ1n) is 9.01. The van der Waals surface area contributed by atoms with Gasteiger partial charge in [0.05, 0.1) is 13.0 Å². The Kier molecular flexibility index (Phi) is 8.08. The first-order chi connectivity index (χ1) is 12.6. The zero-order valence-corrected chi connectivity index (χ0v) is 14.8. The number of amides is 2. The Hall–Kier alpha value is -2.41. The monoisotopic (exact) mass is 362 g/mol. The van der Waals surface area contributed by atoms with Crippen molar-refractivity contribution in [2.45, 2.75) is 50.6 Å². The van der Waals surface area contributed by atoms with Crippen molar-refractivity contribution >= 4 is 17.8 Å². The van der Waals surface area contributed by atoms with Gasteiger partial charge in [0.25, 0.3) is 0 Å². The molecular weight excluding hydrogens is 336 g/mol. The van der Waals surface area contributed by atoms with E-state index < -0.39 is 18.1 Å². The van der Waals surface area contributed by atoms with E-state index >= 15 is 0 Å². The van der Waals surface area contributed by atoms with Crippen LogP contribution in [0.15, 0.2) is 30.3 Å². The van der Waals surface area contributed by atoms with Gasteiger partial charge in [-0.25, -0.2) is 0 Å². The average Bonchev–Trinajstić information content (AvgIpc) is 2.63. The summed E-state index contributed by atoms with van der Waals surface area (Å²) in [7, 11) is 0. The molecule has 7 nitrogen and oxygen atoms in total. The first kappa shape index (κ1) is 19.9. The molecule has 1 saturated heterocycles. The normalized spacial score (nSPS) is 19.6. The third kappa shape index (κ3) is 6.48. The second-order valence-electron chi connectivity index (χ2n) is 6.37. The topological polar surface area (TPSA) is 105 Å². The standard InChI is InChI=1S/C19H26N2O5/c22-10-6-1-2-7-11-26-17(23)13-16-19(25)20-15(18(24)21-16)12-14-8-4-3-5-9-14/h3-5,8-9,15-16,22H,1-2,6-7,10-13H2,(H,20,25)(H,21,24)/t15-,16-/m0/s1. The molecule has 0 radical (unpaired) electrons. The molecule has 2 rings (SSSR count). The number of hydrogen-bond acceptors (Lipinski definition) is 5. The number of nitrogens with one attached hydrogen (secondary N) is 2. The van der Waals surface area contributed by atoms with Crippen LogP contribution in [0.3, 0.4) is 0 Å². The summed E-state index contributed by atoms with van der Waals surface area (Å²) in [5.74, 6) is -1.17. The number of carbonyl (C=O) groups is 3. The molecule has 1 aliphatic heterocycles. The summed E-state index contributed by atoms with van der Waals surface area (Å²) < 4.78 is 5.10. The van der Waals surface area contributed by atoms with E-state index in [0.717, 1.165) is 24.8 Å². The minimum atomic E-state index is -0.892. The van der Waals surface area contributed by atoms with Crippen molar-refractivity contribution in [3.63, 3.8) is 0 Å². The van der Waals surface area contributed by atoms with Gasteiger partial charge < -0.3 is 20.5 Å². The Labute approximate surface area is 153 Å². The van der Waals surface area contributed by atoms with E-state index in [0.29, 0.717) is 12.8 Å². The third-order valence-electron chi connectivity index (χ3n) is 4.23. The molecule has 0 aromatic heterocycles. The number of hydrogen-bond donors (Lipinski definition) is 3. The highest BCUT2D eigenvalue weighted by molar-refractivity contribution is 5.98. The third-order valence-corrected chi connectivity index (χ3v) is 4.23. The molecule has 0 saturated carbocycles. The van der Waals surface area contributed by atoms with Crippen LogP contribution in [-0.2, 0) is 25.5 Å². The lowest BCUT2D eigenvalue weighted by Gasteiger charge is -2.29. The summed E-state index contributed by atoms with van der Waals surface area (Å²) >= 11 is 0. The highest BCUT2D eigenvalue weighted by Gasteiger charge is 2.35. The smallest absolute Gasteiger partial charge is 0.308 e. The van der Waals surface area contributed by atoms with E-state index in [1.54, 1.807) is 0 Å². The van der Waals surface area contributed by atoms with Crippen molar-refractivity contribution < 1.29 is 24.2 Å². The van der Waals surface area contributed by atoms with Gasteiger partial charge in [-0.3, -0.25) is 14.4 Å². The fourth-order valence-corrected chi connectivity index (χ4v) is 2.79. The molecule has 7 heteroatoms. The van der Waals surface area contributed by atoms with Gasteiger partial charge in [-0.1, -0.05) is 36.8 Å². The molecule has 1 fully saturated rings. The van der Waals surface area contributed by atoms with E-state index in [-0.39, 0.29) is 31.4 Å². The highest BCUT2D eigenvalue weighted by atomic mass is 16.5. The van der Waals surface area contributed by atoms with Crippen LogP contribution in [0.4, 0.5) is 0 Å². The molecule has 1 aliphatic rings. The van der Waals surface area contributed by atoms with Crippen LogP contribution in [0.1, 0.15) is 37.7 Å². The van der Waals surface area contributed by atoms with Crippen molar-refractivity contribution in [3.05, 3.63) is 35.9 Å². The number of aliphatic hydroxyl groups excluding tert-OH is 1. The number of ether oxygens (including phenoxy) is 1. The van der Waals surface area contributed by atoms with Crippen LogP contribution in [0.5, 0.6) is 0 Å². The van der Waals surface area contributed by atoms with E-state index in [2.05, 4.69) is 10.6 Å². The Bertz CT molecular complexity index is 605. The minimum Gasteiger partial charge on any atom is -0.466 e. The van der Waals surface area contributed by atoms with Crippen molar-refractivity contribution in [1.82, 2.24) is 10.6 Å². The summed E-state index contributed by atoms with van der Waals surface area (Å²) in [5.41, 5.74) is 0.951. The number of piperazine rings is 1. The van der Waals surface area contributed by atoms with Crippen LogP contribution in [0, 0.1) is 0 Å². The lowest BCUT2D eigenvalue weighted by Crippen LogP contribution is -2.62. The number of rotatable bonds is 10. The molecule has 2 amide bonds. The number of esters is 1. The van der Waals surface area contributed by atoms with Gasteiger partial charge >= 0.3 is 5.97 Å². The SMILES string of the molecule is O=C(C[C@@H]1NC(=O)[C@H](Cc2ccccc2)NC1=O)OCCCCCCO. The maximum absolute atomic E-state index is 12.2. The molecule has 1 aromatic carbocycles. The van der Waals surface area contributed by atoms with Gasteiger partial charge in [0.2, 0.25) is 11.8 Å². The van der Waals surface area contributed by atoms with E-state index in [4.69, 9.17) is 9.84 Å². The fourth-order valence-electron chi connectivity index (χ4n) is 2.79. The Balaban J connectivity index is 1.72. The van der Waals surface area contributed by atoms with E-state index in [1.165, 1.54) is 0 Å². The molecule has 0 bridgehead atoms. The number of benzene rings is 1. The molecule has 2 atom stereocenters. The summed E-state index contributed by atoms with van der Waals surface area (Å²) in [5, 5.41) is 14.0. The summed E-state index contributed by atoms with van der Waals surface area (Å²) in [6, 6.07) is 7.89. The maximum atomic E-state index is 12.2. The summed E-state index contributed by atoms with van der Waals surface area (Å²) in [4.78, 5) is 36.2. The fraction of sp³-hybridized carbons (Fsp3) is 0.526. The maximum Gasteiger partial charge on any atom is 0.308 e. The second kappa shape index (κ2) is 10.6. The Morgan fingerprint density at radius 3 is 2.35 bits per heavy atom. The predicted octanol–water partition coefficient (Wildman–Crippen LogP) is 0.698. The molecule has 0 spiro atoms. The largest absolute Gasteiger partial charge is 0.466 e. The summed E-state index contributed by atoms with van der Waals surface area (Å²) in [6.07, 6.45) is 3.45. The zero-order chi connectivity index (χ0) is 18.8. The minimum absolute atomic E-state index is 0.168. The van der Waals surface area contributed by atoms with Gasteiger partial charge in [-0.2, -0.15) is 0 Å². The lowest BCUT2D eigenvalue weighted by molar-refractivity contribution is -0.147. The number of aliphatic hydroxyl groups is 1. The summed E-state index contributed by atoms with van der Waals surface area (Å²) in [6.45, 7) is 0.449. The van der Waals surface area contributed by atoms with E-state index in [1.807, 2.05) is 30.3 Å².